The Balaban J connectivity index is 2.02. The molecule has 0 aliphatic heterocycles. The predicted octanol–water partition coefficient (Wildman–Crippen LogP) is 3.36. The highest BCUT2D eigenvalue weighted by Crippen LogP contribution is 2.22. The zero-order valence-electron chi connectivity index (χ0n) is 10.4. The molecule has 3 rings (SSSR count). The summed E-state index contributed by atoms with van der Waals surface area (Å²) in [5.74, 6) is -0.186. The summed E-state index contributed by atoms with van der Waals surface area (Å²) < 4.78 is 0. The summed E-state index contributed by atoms with van der Waals surface area (Å²) in [6.07, 6.45) is 0. The zero-order valence-corrected chi connectivity index (χ0v) is 11.1. The molecule has 0 aliphatic rings. The van der Waals surface area contributed by atoms with E-state index in [1.807, 2.05) is 30.3 Å². The third-order valence-electron chi connectivity index (χ3n) is 2.92. The maximum absolute atomic E-state index is 12.4. The average Bonchev–Trinajstić information content (AvgIpc) is 2.97. The second-order valence-corrected chi connectivity index (χ2v) is 4.66. The molecular weight excluding hydrogens is 274 g/mol. The number of nitrogens with one attached hydrogen (secondary N) is 1. The minimum atomic E-state index is -0.186. The van der Waals surface area contributed by atoms with E-state index >= 15 is 0 Å². The van der Waals surface area contributed by atoms with Crippen LogP contribution in [0.5, 0.6) is 0 Å². The molecule has 0 aliphatic carbocycles. The van der Waals surface area contributed by atoms with Gasteiger partial charge in [0, 0.05) is 16.1 Å². The normalized spacial score (nSPS) is 10.4. The number of carbonyl (C=O) groups excluding carboxylic acids is 1. The van der Waals surface area contributed by atoms with Gasteiger partial charge >= 0.3 is 0 Å². The summed E-state index contributed by atoms with van der Waals surface area (Å²) in [5.41, 5.74) is 2.23. The van der Waals surface area contributed by atoms with E-state index in [2.05, 4.69) is 15.4 Å². The maximum atomic E-state index is 12.4. The lowest BCUT2D eigenvalue weighted by Crippen LogP contribution is -2.03. The molecule has 0 radical (unpaired) electrons. The van der Waals surface area contributed by atoms with Crippen LogP contribution >= 0.6 is 11.6 Å². The number of rotatable bonds is 3. The Bertz CT molecular complexity index is 735. The lowest BCUT2D eigenvalue weighted by Gasteiger charge is -2.01. The molecule has 2 aromatic carbocycles. The van der Waals surface area contributed by atoms with Crippen molar-refractivity contribution in [2.45, 2.75) is 0 Å². The van der Waals surface area contributed by atoms with Crippen molar-refractivity contribution in [3.8, 4) is 11.3 Å². The van der Waals surface area contributed by atoms with Crippen molar-refractivity contribution in [1.29, 1.82) is 0 Å². The third-order valence-corrected chi connectivity index (χ3v) is 3.17. The number of benzene rings is 2. The SMILES string of the molecule is O=C(c1ccc(Cl)cc1)c1n[nH]nc1-c1ccccc1. The molecule has 1 N–H and O–H groups in total. The molecule has 0 saturated heterocycles. The summed E-state index contributed by atoms with van der Waals surface area (Å²) in [6.45, 7) is 0. The largest absolute Gasteiger partial charge is 0.287 e. The van der Waals surface area contributed by atoms with Crippen LogP contribution in [0.15, 0.2) is 54.6 Å². The van der Waals surface area contributed by atoms with Crippen LogP contribution in [0.2, 0.25) is 5.02 Å². The molecule has 0 amide bonds. The Labute approximate surface area is 120 Å². The standard InChI is InChI=1S/C15H10ClN3O/c16-12-8-6-11(7-9-12)15(20)14-13(17-19-18-14)10-4-2-1-3-5-10/h1-9H,(H,17,18,19). The summed E-state index contributed by atoms with van der Waals surface area (Å²) >= 11 is 5.82. The fourth-order valence-corrected chi connectivity index (χ4v) is 2.05. The van der Waals surface area contributed by atoms with Crippen LogP contribution < -0.4 is 0 Å². The van der Waals surface area contributed by atoms with E-state index in [4.69, 9.17) is 11.6 Å². The molecule has 0 unspecified atom stereocenters. The predicted molar refractivity (Wildman–Crippen MR) is 76.7 cm³/mol. The first kappa shape index (κ1) is 12.6. The molecule has 1 heterocycles. The number of nitrogens with zero attached hydrogens (tertiary/aromatic N) is 2. The molecule has 0 bridgehead atoms. The van der Waals surface area contributed by atoms with Gasteiger partial charge in [-0.1, -0.05) is 41.9 Å². The van der Waals surface area contributed by atoms with Crippen LogP contribution in [0.3, 0.4) is 0 Å². The van der Waals surface area contributed by atoms with Gasteiger partial charge in [0.05, 0.1) is 0 Å². The second kappa shape index (κ2) is 5.27. The van der Waals surface area contributed by atoms with E-state index in [0.717, 1.165) is 5.56 Å². The number of aromatic amines is 1. The smallest absolute Gasteiger partial charge is 0.215 e. The first-order valence-electron chi connectivity index (χ1n) is 6.02. The van der Waals surface area contributed by atoms with E-state index in [1.165, 1.54) is 0 Å². The van der Waals surface area contributed by atoms with E-state index in [1.54, 1.807) is 24.3 Å². The minimum Gasteiger partial charge on any atom is -0.287 e. The van der Waals surface area contributed by atoms with Crippen LogP contribution in [0, 0.1) is 0 Å². The Hall–Kier alpha value is -2.46. The molecule has 0 atom stereocenters. The van der Waals surface area contributed by atoms with Crippen molar-refractivity contribution in [3.63, 3.8) is 0 Å². The number of hydrogen-bond acceptors (Lipinski definition) is 3. The summed E-state index contributed by atoms with van der Waals surface area (Å²) in [6, 6.07) is 16.2. The topological polar surface area (TPSA) is 58.6 Å². The van der Waals surface area contributed by atoms with Crippen LogP contribution in [0.25, 0.3) is 11.3 Å². The van der Waals surface area contributed by atoms with Gasteiger partial charge in [-0.2, -0.15) is 15.4 Å². The molecule has 4 nitrogen and oxygen atoms in total. The highest BCUT2D eigenvalue weighted by molar-refractivity contribution is 6.30. The third kappa shape index (κ3) is 2.33. The number of ketones is 1. The van der Waals surface area contributed by atoms with Gasteiger partial charge < -0.3 is 0 Å². The molecule has 0 spiro atoms. The number of H-pyrrole nitrogens is 1. The van der Waals surface area contributed by atoms with Gasteiger partial charge in [0.25, 0.3) is 0 Å². The van der Waals surface area contributed by atoms with Gasteiger partial charge in [0.2, 0.25) is 5.78 Å². The van der Waals surface area contributed by atoms with Crippen molar-refractivity contribution < 1.29 is 4.79 Å². The molecule has 3 aromatic rings. The van der Waals surface area contributed by atoms with Gasteiger partial charge in [0.15, 0.2) is 5.69 Å². The average molecular weight is 284 g/mol. The molecule has 5 heteroatoms. The van der Waals surface area contributed by atoms with Crippen molar-refractivity contribution >= 4 is 17.4 Å². The van der Waals surface area contributed by atoms with Gasteiger partial charge in [-0.15, -0.1) is 0 Å². The maximum Gasteiger partial charge on any atom is 0.215 e. The minimum absolute atomic E-state index is 0.186. The Kier molecular flexibility index (Phi) is 3.31. The highest BCUT2D eigenvalue weighted by atomic mass is 35.5. The summed E-state index contributed by atoms with van der Waals surface area (Å²) in [5, 5.41) is 11.1. The quantitative estimate of drug-likeness (QED) is 0.750. The van der Waals surface area contributed by atoms with Crippen LogP contribution in [-0.4, -0.2) is 21.2 Å². The van der Waals surface area contributed by atoms with Gasteiger partial charge in [-0.05, 0) is 24.3 Å². The number of halogens is 1. The van der Waals surface area contributed by atoms with Gasteiger partial charge in [-0.25, -0.2) is 0 Å². The molecule has 0 fully saturated rings. The fourth-order valence-electron chi connectivity index (χ4n) is 1.92. The number of carbonyl (C=O) groups is 1. The molecular formula is C15H10ClN3O. The number of aromatic nitrogens is 3. The van der Waals surface area contributed by atoms with Crippen LogP contribution in [-0.2, 0) is 0 Å². The molecule has 98 valence electrons. The van der Waals surface area contributed by atoms with Crippen molar-refractivity contribution in [2.75, 3.05) is 0 Å². The lowest BCUT2D eigenvalue weighted by molar-refractivity contribution is 0.103. The summed E-state index contributed by atoms with van der Waals surface area (Å²) in [4.78, 5) is 12.4. The Morgan fingerprint density at radius 2 is 1.65 bits per heavy atom. The number of hydrogen-bond donors (Lipinski definition) is 1. The Morgan fingerprint density at radius 1 is 0.950 bits per heavy atom. The highest BCUT2D eigenvalue weighted by Gasteiger charge is 2.19. The van der Waals surface area contributed by atoms with E-state index in [0.29, 0.717) is 22.0 Å². The fraction of sp³-hybridized carbons (Fsp3) is 0. The van der Waals surface area contributed by atoms with E-state index in [9.17, 15) is 4.79 Å². The van der Waals surface area contributed by atoms with Gasteiger partial charge in [0.1, 0.15) is 5.69 Å². The summed E-state index contributed by atoms with van der Waals surface area (Å²) in [7, 11) is 0. The van der Waals surface area contributed by atoms with Crippen molar-refractivity contribution in [1.82, 2.24) is 15.4 Å². The molecule has 0 saturated carbocycles. The first-order chi connectivity index (χ1) is 9.75. The molecule has 1 aromatic heterocycles. The van der Waals surface area contributed by atoms with E-state index < -0.39 is 0 Å². The van der Waals surface area contributed by atoms with Crippen molar-refractivity contribution in [2.24, 2.45) is 0 Å². The lowest BCUT2D eigenvalue weighted by atomic mass is 10.0. The van der Waals surface area contributed by atoms with E-state index in [-0.39, 0.29) is 5.78 Å². The Morgan fingerprint density at radius 3 is 2.35 bits per heavy atom. The second-order valence-electron chi connectivity index (χ2n) is 4.22. The van der Waals surface area contributed by atoms with Crippen LogP contribution in [0.4, 0.5) is 0 Å². The monoisotopic (exact) mass is 283 g/mol. The van der Waals surface area contributed by atoms with Crippen molar-refractivity contribution in [3.05, 3.63) is 70.9 Å². The molecule has 20 heavy (non-hydrogen) atoms. The zero-order chi connectivity index (χ0) is 13.9. The van der Waals surface area contributed by atoms with Crippen LogP contribution in [0.1, 0.15) is 16.1 Å². The first-order valence-corrected chi connectivity index (χ1v) is 6.40. The van der Waals surface area contributed by atoms with Gasteiger partial charge in [-0.3, -0.25) is 4.79 Å².